The van der Waals surface area contributed by atoms with Crippen LogP contribution >= 0.6 is 11.3 Å². The molecule has 184 valence electrons. The minimum absolute atomic E-state index is 0.0356. The summed E-state index contributed by atoms with van der Waals surface area (Å²) >= 11 is 1.11. The van der Waals surface area contributed by atoms with Crippen molar-refractivity contribution in [2.75, 3.05) is 27.7 Å². The number of rotatable bonds is 7. The number of anilines is 3. The molecule has 5 rings (SSSR count). The molecule has 3 heterocycles. The van der Waals surface area contributed by atoms with Crippen molar-refractivity contribution < 1.29 is 27.5 Å². The average Bonchev–Trinajstić information content (AvgIpc) is 3.46. The zero-order valence-corrected chi connectivity index (χ0v) is 20.5. The largest absolute Gasteiger partial charge is 0.482 e. The zero-order valence-electron chi connectivity index (χ0n) is 18.8. The molecule has 2 aliphatic heterocycles. The lowest BCUT2D eigenvalue weighted by Gasteiger charge is -2.28. The normalized spacial score (nSPS) is 15.6. The standard InChI is InChI=1S/C24H20N4O6S2/c1-2-11-27-19-12-15(3-8-20(19)34-13-23(27)31)18-14-35-24(25-18)26-36(32,33)17-6-4-16(5-7-17)28-21(29)9-10-22(28)30/h2-8,12,14H,1,9-11,13H2,(H,25,26). The maximum atomic E-state index is 12.9. The molecule has 0 spiro atoms. The summed E-state index contributed by atoms with van der Waals surface area (Å²) < 4.78 is 33.7. The van der Waals surface area contributed by atoms with Gasteiger partial charge in [0, 0.05) is 30.3 Å². The Balaban J connectivity index is 1.35. The first kappa shape index (κ1) is 23.7. The molecule has 3 aromatic rings. The van der Waals surface area contributed by atoms with Crippen molar-refractivity contribution in [3.05, 3.63) is 60.5 Å². The SMILES string of the molecule is C=CCN1C(=O)COc2ccc(-c3csc(NS(=O)(=O)c4ccc(N5C(=O)CCC5=O)cc4)n3)cc21. The smallest absolute Gasteiger partial charge is 0.265 e. The quantitative estimate of drug-likeness (QED) is 0.372. The molecule has 0 atom stereocenters. The molecule has 1 N–H and O–H groups in total. The molecule has 1 saturated heterocycles. The molecule has 2 aromatic carbocycles. The van der Waals surface area contributed by atoms with Crippen LogP contribution in [0.25, 0.3) is 11.3 Å². The fraction of sp³-hybridized carbons (Fsp3) is 0.167. The predicted octanol–water partition coefficient (Wildman–Crippen LogP) is 3.18. The molecule has 1 fully saturated rings. The molecule has 0 radical (unpaired) electrons. The van der Waals surface area contributed by atoms with Crippen molar-refractivity contribution in [3.63, 3.8) is 0 Å². The van der Waals surface area contributed by atoms with E-state index < -0.39 is 10.0 Å². The van der Waals surface area contributed by atoms with Crippen LogP contribution in [0.1, 0.15) is 12.8 Å². The number of thiazole rings is 1. The van der Waals surface area contributed by atoms with E-state index in [-0.39, 0.29) is 47.2 Å². The highest BCUT2D eigenvalue weighted by molar-refractivity contribution is 7.93. The summed E-state index contributed by atoms with van der Waals surface area (Å²) in [5.41, 5.74) is 2.14. The first-order valence-corrected chi connectivity index (χ1v) is 13.3. The van der Waals surface area contributed by atoms with E-state index in [9.17, 15) is 22.8 Å². The Morgan fingerprint density at radius 1 is 1.06 bits per heavy atom. The van der Waals surface area contributed by atoms with E-state index >= 15 is 0 Å². The molecule has 10 nitrogen and oxygen atoms in total. The Morgan fingerprint density at radius 3 is 2.47 bits per heavy atom. The van der Waals surface area contributed by atoms with Crippen molar-refractivity contribution in [2.45, 2.75) is 17.7 Å². The van der Waals surface area contributed by atoms with Crippen LogP contribution in [0.15, 0.2) is 65.4 Å². The second-order valence-corrected chi connectivity index (χ2v) is 10.6. The average molecular weight is 525 g/mol. The Hall–Kier alpha value is -4.03. The molecule has 12 heteroatoms. The molecule has 0 aliphatic carbocycles. The number of imide groups is 1. The Kier molecular flexibility index (Phi) is 6.06. The van der Waals surface area contributed by atoms with Crippen LogP contribution in [0.4, 0.5) is 16.5 Å². The van der Waals surface area contributed by atoms with Gasteiger partial charge in [0.15, 0.2) is 11.7 Å². The Bertz CT molecular complexity index is 1480. The van der Waals surface area contributed by atoms with Crippen LogP contribution in [0, 0.1) is 0 Å². The van der Waals surface area contributed by atoms with Gasteiger partial charge in [0.1, 0.15) is 5.75 Å². The number of hydrogen-bond acceptors (Lipinski definition) is 8. The lowest BCUT2D eigenvalue weighted by molar-refractivity contribution is -0.122. The summed E-state index contributed by atoms with van der Waals surface area (Å²) in [5.74, 6) is -0.238. The van der Waals surface area contributed by atoms with Crippen molar-refractivity contribution in [3.8, 4) is 17.0 Å². The van der Waals surface area contributed by atoms with Gasteiger partial charge in [0.05, 0.1) is 22.0 Å². The summed E-state index contributed by atoms with van der Waals surface area (Å²) in [4.78, 5) is 43.1. The fourth-order valence-corrected chi connectivity index (χ4v) is 5.93. The van der Waals surface area contributed by atoms with Crippen LogP contribution in [0.2, 0.25) is 0 Å². The fourth-order valence-electron chi connectivity index (χ4n) is 3.96. The number of sulfonamides is 1. The highest BCUT2D eigenvalue weighted by Crippen LogP contribution is 2.37. The number of amides is 3. The number of ether oxygens (including phenoxy) is 1. The van der Waals surface area contributed by atoms with Gasteiger partial charge in [-0.15, -0.1) is 17.9 Å². The number of nitrogens with zero attached hydrogens (tertiary/aromatic N) is 3. The number of aromatic nitrogens is 1. The van der Waals surface area contributed by atoms with Gasteiger partial charge in [0.25, 0.3) is 15.9 Å². The van der Waals surface area contributed by atoms with Crippen molar-refractivity contribution in [2.24, 2.45) is 0 Å². The van der Waals surface area contributed by atoms with E-state index in [2.05, 4.69) is 16.3 Å². The minimum atomic E-state index is -3.96. The van der Waals surface area contributed by atoms with Crippen LogP contribution < -0.4 is 19.3 Å². The maximum Gasteiger partial charge on any atom is 0.265 e. The van der Waals surface area contributed by atoms with E-state index in [1.165, 1.54) is 24.3 Å². The predicted molar refractivity (Wildman–Crippen MR) is 135 cm³/mol. The van der Waals surface area contributed by atoms with Gasteiger partial charge in [-0.3, -0.25) is 24.0 Å². The monoisotopic (exact) mass is 524 g/mol. The molecule has 3 amide bonds. The van der Waals surface area contributed by atoms with Gasteiger partial charge in [-0.2, -0.15) is 0 Å². The lowest BCUT2D eigenvalue weighted by atomic mass is 10.1. The molecular weight excluding hydrogens is 504 g/mol. The van der Waals surface area contributed by atoms with E-state index in [1.807, 2.05) is 0 Å². The van der Waals surface area contributed by atoms with E-state index in [4.69, 9.17) is 4.74 Å². The molecular formula is C24H20N4O6S2. The van der Waals surface area contributed by atoms with Gasteiger partial charge in [-0.25, -0.2) is 13.4 Å². The lowest BCUT2D eigenvalue weighted by Crippen LogP contribution is -2.38. The van der Waals surface area contributed by atoms with E-state index in [0.717, 1.165) is 16.2 Å². The van der Waals surface area contributed by atoms with Gasteiger partial charge in [-0.1, -0.05) is 6.08 Å². The van der Waals surface area contributed by atoms with E-state index in [1.54, 1.807) is 34.6 Å². The summed E-state index contributed by atoms with van der Waals surface area (Å²) in [6.45, 7) is 3.98. The van der Waals surface area contributed by atoms with Crippen LogP contribution in [-0.4, -0.2) is 44.3 Å². The van der Waals surface area contributed by atoms with Gasteiger partial charge < -0.3 is 9.64 Å². The number of carbonyl (C=O) groups is 3. The third kappa shape index (κ3) is 4.36. The van der Waals surface area contributed by atoms with E-state index in [0.29, 0.717) is 34.9 Å². The summed E-state index contributed by atoms with van der Waals surface area (Å²) in [6.07, 6.45) is 1.92. The Labute approximate surface area is 210 Å². The first-order chi connectivity index (χ1) is 17.3. The summed E-state index contributed by atoms with van der Waals surface area (Å²) in [5, 5.41) is 1.86. The molecule has 2 aliphatic rings. The third-order valence-electron chi connectivity index (χ3n) is 5.69. The third-order valence-corrected chi connectivity index (χ3v) is 7.93. The van der Waals surface area contributed by atoms with Crippen LogP contribution in [-0.2, 0) is 24.4 Å². The molecule has 0 saturated carbocycles. The van der Waals surface area contributed by atoms with Crippen LogP contribution in [0.5, 0.6) is 5.75 Å². The second-order valence-electron chi connectivity index (χ2n) is 8.02. The number of benzene rings is 2. The van der Waals surface area contributed by atoms with Crippen LogP contribution in [0.3, 0.4) is 0 Å². The second kappa shape index (κ2) is 9.21. The highest BCUT2D eigenvalue weighted by Gasteiger charge is 2.30. The topological polar surface area (TPSA) is 126 Å². The molecule has 0 bridgehead atoms. The maximum absolute atomic E-state index is 12.9. The molecule has 36 heavy (non-hydrogen) atoms. The Morgan fingerprint density at radius 2 is 1.78 bits per heavy atom. The van der Waals surface area contributed by atoms with Crippen molar-refractivity contribution in [1.29, 1.82) is 0 Å². The van der Waals surface area contributed by atoms with Gasteiger partial charge >= 0.3 is 0 Å². The van der Waals surface area contributed by atoms with Gasteiger partial charge in [-0.05, 0) is 42.5 Å². The molecule has 0 unspecified atom stereocenters. The van der Waals surface area contributed by atoms with Crippen molar-refractivity contribution in [1.82, 2.24) is 4.98 Å². The van der Waals surface area contributed by atoms with Crippen molar-refractivity contribution >= 4 is 55.6 Å². The number of nitrogens with one attached hydrogen (secondary N) is 1. The highest BCUT2D eigenvalue weighted by atomic mass is 32.2. The molecule has 1 aromatic heterocycles. The zero-order chi connectivity index (χ0) is 25.4. The number of fused-ring (bicyclic) bond motifs is 1. The summed E-state index contributed by atoms with van der Waals surface area (Å²) in [6, 6.07) is 10.8. The number of hydrogen-bond donors (Lipinski definition) is 1. The van der Waals surface area contributed by atoms with Gasteiger partial charge in [0.2, 0.25) is 11.8 Å². The first-order valence-electron chi connectivity index (χ1n) is 10.9. The minimum Gasteiger partial charge on any atom is -0.482 e. The summed E-state index contributed by atoms with van der Waals surface area (Å²) in [7, 11) is -3.96. The number of carbonyl (C=O) groups excluding carboxylic acids is 3.